The molecule has 0 aromatic heterocycles. The van der Waals surface area contributed by atoms with Crippen LogP contribution in [0.4, 0.5) is 0 Å². The summed E-state index contributed by atoms with van der Waals surface area (Å²) in [5.74, 6) is -1.89. The molecule has 0 aromatic rings. The van der Waals surface area contributed by atoms with Crippen molar-refractivity contribution in [2.45, 2.75) is 106 Å². The second-order valence-electron chi connectivity index (χ2n) is 12.3. The number of carbonyl (C=O) groups excluding carboxylic acids is 1. The summed E-state index contributed by atoms with van der Waals surface area (Å²) in [4.78, 5) is 12.4. The fourth-order valence-electron chi connectivity index (χ4n) is 6.35. The van der Waals surface area contributed by atoms with E-state index in [1.165, 1.54) is 6.26 Å². The molecule has 16 nitrogen and oxygen atoms in total. The molecule has 5 rings (SSSR count). The molecule has 0 aromatic carbocycles. The van der Waals surface area contributed by atoms with Crippen molar-refractivity contribution in [3.63, 3.8) is 0 Å². The zero-order valence-corrected chi connectivity index (χ0v) is 23.8. The lowest BCUT2D eigenvalue weighted by atomic mass is 9.79. The average molecular weight is 623 g/mol. The minimum absolute atomic E-state index is 0.0344. The number of hydrogen-bond acceptors (Lipinski definition) is 16. The van der Waals surface area contributed by atoms with Crippen molar-refractivity contribution in [3.05, 3.63) is 11.8 Å². The number of ether oxygens (including phenoxy) is 7. The first-order chi connectivity index (χ1) is 20.4. The predicted molar refractivity (Wildman–Crippen MR) is 137 cm³/mol. The number of rotatable bonds is 11. The first-order valence-electron chi connectivity index (χ1n) is 14.5. The quantitative estimate of drug-likeness (QED) is 0.0814. The van der Waals surface area contributed by atoms with Gasteiger partial charge in [0.25, 0.3) is 0 Å². The lowest BCUT2D eigenvalue weighted by Crippen LogP contribution is -2.59. The Labute approximate surface area is 247 Å². The SMILES string of the molecule is CC(C)CC(=O)O[C@@H]1OC=C(CO[C@@H]2O[C@H](CO[C@@H]3O[C@H](CO)[C@@H](O)[C@H](O)[C@H]3O)C[C@H](O)[C@H]2O)[C@H]2[C@@H]3O[C@@H]3[C@@](O)(CO)[C@@H]12. The minimum atomic E-state index is -1.73. The number of hydrogen-bond donors (Lipinski definition) is 8. The van der Waals surface area contributed by atoms with Gasteiger partial charge in [0.05, 0.1) is 56.9 Å². The summed E-state index contributed by atoms with van der Waals surface area (Å²) in [6.07, 6.45) is -13.3. The number of aliphatic hydroxyl groups excluding tert-OH is 7. The first-order valence-corrected chi connectivity index (χ1v) is 14.5. The van der Waals surface area contributed by atoms with Gasteiger partial charge in [-0.25, -0.2) is 0 Å². The third kappa shape index (κ3) is 6.44. The fraction of sp³-hybridized carbons (Fsp3) is 0.889. The maximum atomic E-state index is 12.4. The van der Waals surface area contributed by atoms with Crippen molar-refractivity contribution < 1.29 is 78.8 Å². The van der Waals surface area contributed by atoms with Gasteiger partial charge in [0.1, 0.15) is 42.2 Å². The monoisotopic (exact) mass is 622 g/mol. The van der Waals surface area contributed by atoms with Gasteiger partial charge in [0, 0.05) is 18.8 Å². The standard InChI is InChI=1S/C27H42O16/c1-10(2)3-15(31)42-24-17-16(22-23(43-22)27(17,36)9-29)11(6-37-24)7-38-25-18(32)13(30)4-12(40-25)8-39-26-21(35)20(34)19(33)14(5-28)41-26/h6,10,12-14,16-26,28-30,32-36H,3-5,7-9H2,1-2H3/t12-,13-,14+,16+,17+,18+,19+,20-,21+,22-,23-,24-,25+,26+,27+/m0/s1. The largest absolute Gasteiger partial charge is 0.462 e. The molecule has 0 spiro atoms. The Kier molecular flexibility index (Phi) is 10.00. The normalized spacial score (nSPS) is 47.4. The van der Waals surface area contributed by atoms with E-state index in [-0.39, 0.29) is 32.0 Å². The lowest BCUT2D eigenvalue weighted by molar-refractivity contribution is -0.318. The zero-order chi connectivity index (χ0) is 31.2. The Hall–Kier alpha value is -1.51. The molecule has 4 fully saturated rings. The Morgan fingerprint density at radius 3 is 2.37 bits per heavy atom. The molecule has 5 aliphatic rings. The molecule has 0 bridgehead atoms. The van der Waals surface area contributed by atoms with Crippen LogP contribution < -0.4 is 0 Å². The molecule has 15 atom stereocenters. The fourth-order valence-corrected chi connectivity index (χ4v) is 6.35. The molecule has 3 saturated heterocycles. The van der Waals surface area contributed by atoms with E-state index < -0.39 is 110 Å². The Balaban J connectivity index is 1.21. The summed E-state index contributed by atoms with van der Waals surface area (Å²) in [6.45, 7) is 1.96. The maximum absolute atomic E-state index is 12.4. The molecular formula is C27H42O16. The summed E-state index contributed by atoms with van der Waals surface area (Å²) >= 11 is 0. The second kappa shape index (κ2) is 13.1. The lowest BCUT2D eigenvalue weighted by Gasteiger charge is -2.42. The van der Waals surface area contributed by atoms with Gasteiger partial charge in [0.2, 0.25) is 6.29 Å². The van der Waals surface area contributed by atoms with Gasteiger partial charge in [-0.1, -0.05) is 13.8 Å². The van der Waals surface area contributed by atoms with Crippen LogP contribution in [-0.4, -0.2) is 153 Å². The molecule has 0 unspecified atom stereocenters. The highest BCUT2D eigenvalue weighted by atomic mass is 16.7. The Bertz CT molecular complexity index is 1010. The molecule has 1 saturated carbocycles. The van der Waals surface area contributed by atoms with Gasteiger partial charge in [-0.15, -0.1) is 0 Å². The summed E-state index contributed by atoms with van der Waals surface area (Å²) in [6, 6.07) is 0. The van der Waals surface area contributed by atoms with Crippen molar-refractivity contribution in [2.24, 2.45) is 17.8 Å². The van der Waals surface area contributed by atoms with Gasteiger partial charge in [-0.05, 0) is 11.5 Å². The van der Waals surface area contributed by atoms with E-state index in [1.807, 2.05) is 13.8 Å². The molecule has 1 aliphatic carbocycles. The van der Waals surface area contributed by atoms with Crippen LogP contribution in [0.3, 0.4) is 0 Å². The third-order valence-corrected chi connectivity index (χ3v) is 8.70. The van der Waals surface area contributed by atoms with Gasteiger partial charge in [-0.2, -0.15) is 0 Å². The third-order valence-electron chi connectivity index (χ3n) is 8.70. The molecule has 0 radical (unpaired) electrons. The Morgan fingerprint density at radius 1 is 0.977 bits per heavy atom. The molecule has 43 heavy (non-hydrogen) atoms. The number of esters is 1. The highest BCUT2D eigenvalue weighted by molar-refractivity contribution is 5.69. The number of epoxide rings is 1. The van der Waals surface area contributed by atoms with E-state index >= 15 is 0 Å². The summed E-state index contributed by atoms with van der Waals surface area (Å²) in [7, 11) is 0. The van der Waals surface area contributed by atoms with Crippen molar-refractivity contribution >= 4 is 5.97 Å². The molecule has 0 amide bonds. The van der Waals surface area contributed by atoms with E-state index in [0.717, 1.165) is 0 Å². The highest BCUT2D eigenvalue weighted by Gasteiger charge is 2.74. The predicted octanol–water partition coefficient (Wildman–Crippen LogP) is -3.78. The van der Waals surface area contributed by atoms with E-state index in [0.29, 0.717) is 5.57 Å². The van der Waals surface area contributed by atoms with Crippen LogP contribution in [0.2, 0.25) is 0 Å². The van der Waals surface area contributed by atoms with E-state index in [9.17, 15) is 45.6 Å². The second-order valence-corrected chi connectivity index (χ2v) is 12.3. The molecule has 4 aliphatic heterocycles. The number of fused-ring (bicyclic) bond motifs is 3. The van der Waals surface area contributed by atoms with Crippen LogP contribution in [0.15, 0.2) is 11.8 Å². The molecule has 16 heteroatoms. The van der Waals surface area contributed by atoms with E-state index in [4.69, 9.17) is 33.2 Å². The van der Waals surface area contributed by atoms with Crippen molar-refractivity contribution in [1.29, 1.82) is 0 Å². The minimum Gasteiger partial charge on any atom is -0.462 e. The molecule has 4 heterocycles. The maximum Gasteiger partial charge on any atom is 0.309 e. The van der Waals surface area contributed by atoms with Crippen LogP contribution in [0.5, 0.6) is 0 Å². The van der Waals surface area contributed by atoms with Crippen LogP contribution in [0, 0.1) is 17.8 Å². The number of aliphatic hydroxyl groups is 8. The van der Waals surface area contributed by atoms with Gasteiger partial charge in [-0.3, -0.25) is 4.79 Å². The zero-order valence-electron chi connectivity index (χ0n) is 23.8. The van der Waals surface area contributed by atoms with E-state index in [1.54, 1.807) is 0 Å². The van der Waals surface area contributed by atoms with Crippen molar-refractivity contribution in [2.75, 3.05) is 26.4 Å². The average Bonchev–Trinajstić information content (AvgIpc) is 3.72. The van der Waals surface area contributed by atoms with Crippen LogP contribution in [-0.2, 0) is 38.0 Å². The van der Waals surface area contributed by atoms with Crippen LogP contribution in [0.1, 0.15) is 26.7 Å². The van der Waals surface area contributed by atoms with Crippen LogP contribution in [0.25, 0.3) is 0 Å². The number of carbonyl (C=O) groups is 1. The summed E-state index contributed by atoms with van der Waals surface area (Å²) < 4.78 is 39.3. The van der Waals surface area contributed by atoms with Crippen molar-refractivity contribution in [3.8, 4) is 0 Å². The summed E-state index contributed by atoms with van der Waals surface area (Å²) in [5, 5.41) is 81.8. The summed E-state index contributed by atoms with van der Waals surface area (Å²) in [5.41, 5.74) is -1.25. The van der Waals surface area contributed by atoms with Crippen LogP contribution >= 0.6 is 0 Å². The molecule has 246 valence electrons. The van der Waals surface area contributed by atoms with Crippen molar-refractivity contribution in [1.82, 2.24) is 0 Å². The van der Waals surface area contributed by atoms with Gasteiger partial charge >= 0.3 is 5.97 Å². The van der Waals surface area contributed by atoms with E-state index in [2.05, 4.69) is 0 Å². The Morgan fingerprint density at radius 2 is 1.70 bits per heavy atom. The molecular weight excluding hydrogens is 580 g/mol. The van der Waals surface area contributed by atoms with Gasteiger partial charge < -0.3 is 74.0 Å². The van der Waals surface area contributed by atoms with Gasteiger partial charge in [0.15, 0.2) is 12.6 Å². The topological polar surface area (TPSA) is 247 Å². The molecule has 8 N–H and O–H groups in total. The first kappa shape index (κ1) is 32.9. The smallest absolute Gasteiger partial charge is 0.309 e. The highest BCUT2D eigenvalue weighted by Crippen LogP contribution is 2.58.